The molecule has 1 heterocycles. The van der Waals surface area contributed by atoms with Crippen LogP contribution in [0.5, 0.6) is 0 Å². The normalized spacial score (nSPS) is 16.0. The van der Waals surface area contributed by atoms with Crippen LogP contribution in [0.2, 0.25) is 0 Å². The molecular formula is C12H21ClN4O4. The smallest absolute Gasteiger partial charge is 0.334 e. The number of hydrogen-bond acceptors (Lipinski definition) is 5. The summed E-state index contributed by atoms with van der Waals surface area (Å²) in [7, 11) is 1.20. The number of urea groups is 1. The lowest BCUT2D eigenvalue weighted by atomic mass is 10.1. The van der Waals surface area contributed by atoms with Crippen molar-refractivity contribution in [2.24, 2.45) is 5.73 Å². The van der Waals surface area contributed by atoms with Crippen molar-refractivity contribution in [3.05, 3.63) is 0 Å². The van der Waals surface area contributed by atoms with E-state index in [0.717, 1.165) is 19.3 Å². The second kappa shape index (κ2) is 8.58. The Morgan fingerprint density at radius 1 is 1.29 bits per heavy atom. The Hall–Kier alpha value is -1.67. The van der Waals surface area contributed by atoms with Crippen molar-refractivity contribution in [1.82, 2.24) is 15.1 Å². The van der Waals surface area contributed by atoms with Crippen LogP contribution in [-0.2, 0) is 14.4 Å². The number of unbranched alkanes of at least 4 members (excludes halogenated alkanes) is 1. The molecular weight excluding hydrogens is 300 g/mol. The molecule has 1 rings (SSSR count). The fourth-order valence-corrected chi connectivity index (χ4v) is 1.87. The van der Waals surface area contributed by atoms with Crippen molar-refractivity contribution in [1.29, 1.82) is 0 Å². The Morgan fingerprint density at radius 2 is 1.90 bits per heavy atom. The predicted octanol–water partition coefficient (Wildman–Crippen LogP) is -0.537. The molecule has 1 unspecified atom stereocenters. The number of imide groups is 2. The topological polar surface area (TPSA) is 113 Å². The summed E-state index contributed by atoms with van der Waals surface area (Å²) in [5.41, 5.74) is 5.54. The first-order chi connectivity index (χ1) is 9.42. The summed E-state index contributed by atoms with van der Waals surface area (Å²) >= 11 is 0. The molecule has 1 aliphatic heterocycles. The highest BCUT2D eigenvalue weighted by Crippen LogP contribution is 2.09. The number of rotatable bonds is 7. The zero-order valence-corrected chi connectivity index (χ0v) is 12.9. The summed E-state index contributed by atoms with van der Waals surface area (Å²) in [5.74, 6) is -2.41. The Morgan fingerprint density at radius 3 is 2.33 bits per heavy atom. The summed E-state index contributed by atoms with van der Waals surface area (Å²) in [6.07, 6.45) is 2.64. The minimum atomic E-state index is -0.981. The van der Waals surface area contributed by atoms with Crippen LogP contribution >= 0.6 is 12.4 Å². The molecule has 1 atom stereocenters. The van der Waals surface area contributed by atoms with Crippen molar-refractivity contribution in [3.63, 3.8) is 0 Å². The first-order valence-electron chi connectivity index (χ1n) is 6.55. The second-order valence-corrected chi connectivity index (χ2v) is 4.68. The second-order valence-electron chi connectivity index (χ2n) is 4.68. The number of nitrogens with one attached hydrogen (secondary N) is 1. The van der Waals surface area contributed by atoms with Crippen molar-refractivity contribution in [2.45, 2.75) is 32.2 Å². The molecule has 0 bridgehead atoms. The monoisotopic (exact) mass is 320 g/mol. The van der Waals surface area contributed by atoms with Gasteiger partial charge in [0.05, 0.1) is 0 Å². The summed E-state index contributed by atoms with van der Waals surface area (Å²) in [4.78, 5) is 47.5. The quantitative estimate of drug-likeness (QED) is 0.483. The number of carbonyl (C=O) groups is 4. The van der Waals surface area contributed by atoms with Gasteiger partial charge >= 0.3 is 17.8 Å². The van der Waals surface area contributed by atoms with Crippen molar-refractivity contribution >= 4 is 36.2 Å². The summed E-state index contributed by atoms with van der Waals surface area (Å²) in [5, 5.41) is 2.66. The molecule has 9 heteroatoms. The van der Waals surface area contributed by atoms with Gasteiger partial charge in [-0.1, -0.05) is 19.8 Å². The van der Waals surface area contributed by atoms with E-state index in [0.29, 0.717) is 9.80 Å². The molecule has 0 aliphatic carbocycles. The molecule has 120 valence electrons. The van der Waals surface area contributed by atoms with E-state index >= 15 is 0 Å². The predicted molar refractivity (Wildman–Crippen MR) is 77.6 cm³/mol. The Labute approximate surface area is 129 Å². The highest BCUT2D eigenvalue weighted by molar-refractivity contribution is 6.44. The van der Waals surface area contributed by atoms with Crippen molar-refractivity contribution in [2.75, 3.05) is 20.1 Å². The minimum Gasteiger partial charge on any atom is -0.351 e. The van der Waals surface area contributed by atoms with Crippen LogP contribution in [-0.4, -0.2) is 59.7 Å². The van der Waals surface area contributed by atoms with E-state index < -0.39 is 30.3 Å². The fourth-order valence-electron chi connectivity index (χ4n) is 1.87. The van der Waals surface area contributed by atoms with Crippen LogP contribution in [0.3, 0.4) is 0 Å². The summed E-state index contributed by atoms with van der Waals surface area (Å²) in [6, 6.07) is -0.975. The van der Waals surface area contributed by atoms with Gasteiger partial charge in [-0.25, -0.2) is 9.69 Å². The van der Waals surface area contributed by atoms with E-state index in [2.05, 4.69) is 5.32 Å². The minimum absolute atomic E-state index is 0. The van der Waals surface area contributed by atoms with Crippen molar-refractivity contribution < 1.29 is 19.2 Å². The molecule has 3 N–H and O–H groups in total. The SMILES string of the molecule is CCCCC(CN)NC(=O)CN1C(=O)C(=O)N(C)C1=O.Cl. The van der Waals surface area contributed by atoms with E-state index in [-0.39, 0.29) is 25.0 Å². The molecule has 1 saturated heterocycles. The van der Waals surface area contributed by atoms with Gasteiger partial charge in [0.2, 0.25) is 5.91 Å². The standard InChI is InChI=1S/C12H20N4O4.ClH/c1-3-4-5-8(6-13)14-9(17)7-16-11(19)10(18)15(2)12(16)20;/h8H,3-7,13H2,1-2H3,(H,14,17);1H. The average Bonchev–Trinajstić information content (AvgIpc) is 2.61. The average molecular weight is 321 g/mol. The van der Waals surface area contributed by atoms with Gasteiger partial charge in [0.1, 0.15) is 6.54 Å². The largest absolute Gasteiger partial charge is 0.351 e. The van der Waals surface area contributed by atoms with Crippen LogP contribution in [0.4, 0.5) is 4.79 Å². The van der Waals surface area contributed by atoms with Gasteiger partial charge in [0, 0.05) is 19.6 Å². The highest BCUT2D eigenvalue weighted by Gasteiger charge is 2.43. The van der Waals surface area contributed by atoms with Gasteiger partial charge in [0.25, 0.3) is 0 Å². The third-order valence-corrected chi connectivity index (χ3v) is 3.11. The zero-order chi connectivity index (χ0) is 15.3. The first-order valence-corrected chi connectivity index (χ1v) is 6.55. The molecule has 0 aromatic carbocycles. The van der Waals surface area contributed by atoms with Gasteiger partial charge in [-0.3, -0.25) is 19.3 Å². The van der Waals surface area contributed by atoms with Crippen LogP contribution < -0.4 is 11.1 Å². The molecule has 0 spiro atoms. The summed E-state index contributed by atoms with van der Waals surface area (Å²) < 4.78 is 0. The molecule has 21 heavy (non-hydrogen) atoms. The molecule has 1 aliphatic rings. The van der Waals surface area contributed by atoms with Gasteiger partial charge in [-0.15, -0.1) is 12.4 Å². The van der Waals surface area contributed by atoms with Gasteiger partial charge in [-0.2, -0.15) is 0 Å². The lowest BCUT2D eigenvalue weighted by molar-refractivity contribution is -0.143. The Kier molecular flexibility index (Phi) is 7.90. The molecule has 0 radical (unpaired) electrons. The number of carbonyl (C=O) groups excluding carboxylic acids is 4. The molecule has 5 amide bonds. The Bertz CT molecular complexity index is 429. The maximum Gasteiger partial charge on any atom is 0.334 e. The van der Waals surface area contributed by atoms with Gasteiger partial charge < -0.3 is 11.1 Å². The van der Waals surface area contributed by atoms with Crippen LogP contribution in [0.1, 0.15) is 26.2 Å². The fraction of sp³-hybridized carbons (Fsp3) is 0.667. The molecule has 0 aromatic rings. The molecule has 0 saturated carbocycles. The van der Waals surface area contributed by atoms with E-state index in [1.807, 2.05) is 6.92 Å². The van der Waals surface area contributed by atoms with E-state index in [1.54, 1.807) is 0 Å². The lowest BCUT2D eigenvalue weighted by Gasteiger charge is -2.18. The molecule has 1 fully saturated rings. The van der Waals surface area contributed by atoms with E-state index in [9.17, 15) is 19.2 Å². The third-order valence-electron chi connectivity index (χ3n) is 3.11. The number of likely N-dealkylation sites (N-methyl/N-ethyl adjacent to an activating group) is 1. The molecule has 8 nitrogen and oxygen atoms in total. The third kappa shape index (κ3) is 4.68. The zero-order valence-electron chi connectivity index (χ0n) is 12.1. The maximum atomic E-state index is 11.8. The van der Waals surface area contributed by atoms with E-state index in [4.69, 9.17) is 5.73 Å². The van der Waals surface area contributed by atoms with Gasteiger partial charge in [0.15, 0.2) is 0 Å². The van der Waals surface area contributed by atoms with Crippen LogP contribution in [0, 0.1) is 0 Å². The number of nitrogens with zero attached hydrogens (tertiary/aromatic N) is 2. The van der Waals surface area contributed by atoms with E-state index in [1.165, 1.54) is 7.05 Å². The number of hydrogen-bond donors (Lipinski definition) is 2. The number of halogens is 1. The van der Waals surface area contributed by atoms with Crippen LogP contribution in [0.25, 0.3) is 0 Å². The maximum absolute atomic E-state index is 11.8. The highest BCUT2D eigenvalue weighted by atomic mass is 35.5. The summed E-state index contributed by atoms with van der Waals surface area (Å²) in [6.45, 7) is 1.85. The Balaban J connectivity index is 0.00000400. The van der Waals surface area contributed by atoms with Crippen molar-refractivity contribution in [3.8, 4) is 0 Å². The first kappa shape index (κ1) is 19.3. The lowest BCUT2D eigenvalue weighted by Crippen LogP contribution is -2.46. The number of nitrogens with two attached hydrogens (primary N) is 1. The van der Waals surface area contributed by atoms with Crippen LogP contribution in [0.15, 0.2) is 0 Å². The molecule has 0 aromatic heterocycles. The number of amides is 5. The van der Waals surface area contributed by atoms with Gasteiger partial charge in [-0.05, 0) is 6.42 Å².